The number of amides is 1. The summed E-state index contributed by atoms with van der Waals surface area (Å²) in [6.45, 7) is 0. The van der Waals surface area contributed by atoms with Crippen LogP contribution in [0.5, 0.6) is 11.5 Å². The van der Waals surface area contributed by atoms with E-state index in [1.165, 1.54) is 31.2 Å². The number of hydrazone groups is 1. The molecule has 1 aromatic heterocycles. The van der Waals surface area contributed by atoms with E-state index in [9.17, 15) is 9.90 Å². The first-order chi connectivity index (χ1) is 12.6. The summed E-state index contributed by atoms with van der Waals surface area (Å²) in [7, 11) is 1.42. The van der Waals surface area contributed by atoms with Gasteiger partial charge in [0.1, 0.15) is 0 Å². The number of H-pyrrole nitrogens is 1. The van der Waals surface area contributed by atoms with Gasteiger partial charge in [-0.3, -0.25) is 4.79 Å². The van der Waals surface area contributed by atoms with Crippen molar-refractivity contribution in [2.24, 2.45) is 5.10 Å². The molecule has 0 fully saturated rings. The van der Waals surface area contributed by atoms with Crippen LogP contribution in [0, 0.1) is 0 Å². The Morgan fingerprint density at radius 2 is 2.27 bits per heavy atom. The van der Waals surface area contributed by atoms with Crippen molar-refractivity contribution < 1.29 is 14.6 Å². The van der Waals surface area contributed by atoms with Gasteiger partial charge < -0.3 is 14.8 Å². The molecule has 0 saturated heterocycles. The van der Waals surface area contributed by atoms with Gasteiger partial charge in [-0.25, -0.2) is 10.4 Å². The van der Waals surface area contributed by atoms with Gasteiger partial charge in [-0.1, -0.05) is 35.5 Å². The Labute approximate surface area is 158 Å². The molecular formula is C17H15ClN4O3S. The zero-order chi connectivity index (χ0) is 18.5. The maximum atomic E-state index is 11.9. The van der Waals surface area contributed by atoms with Gasteiger partial charge in [0.15, 0.2) is 16.7 Å². The van der Waals surface area contributed by atoms with Crippen LogP contribution >= 0.6 is 23.4 Å². The van der Waals surface area contributed by atoms with Gasteiger partial charge in [-0.15, -0.1) is 0 Å². The standard InChI is InChI=1S/C17H15ClN4O3S/c1-25-14-7-10(6-11(18)16(14)24)8-19-22-15(23)9-26-17-20-12-4-2-3-5-13(12)21-17/h2-8,24H,9H2,1H3,(H,20,21)(H,22,23)/b19-8-. The number of nitrogens with one attached hydrogen (secondary N) is 2. The molecule has 0 radical (unpaired) electrons. The van der Waals surface area contributed by atoms with E-state index in [1.54, 1.807) is 6.07 Å². The number of benzene rings is 2. The number of halogens is 1. The molecule has 7 nitrogen and oxygen atoms in total. The molecule has 0 aliphatic carbocycles. The highest BCUT2D eigenvalue weighted by Gasteiger charge is 2.08. The number of rotatable bonds is 6. The summed E-state index contributed by atoms with van der Waals surface area (Å²) in [4.78, 5) is 19.4. The normalized spacial score (nSPS) is 11.2. The topological polar surface area (TPSA) is 99.6 Å². The Morgan fingerprint density at radius 3 is 3.04 bits per heavy atom. The number of ether oxygens (including phenoxy) is 1. The molecule has 0 aliphatic heterocycles. The third-order valence-corrected chi connectivity index (χ3v) is 4.54. The summed E-state index contributed by atoms with van der Waals surface area (Å²) in [5.74, 6) is -0.0246. The highest BCUT2D eigenvalue weighted by molar-refractivity contribution is 7.99. The number of aromatic amines is 1. The molecule has 0 saturated carbocycles. The third-order valence-electron chi connectivity index (χ3n) is 3.38. The quantitative estimate of drug-likeness (QED) is 0.341. The number of fused-ring (bicyclic) bond motifs is 1. The lowest BCUT2D eigenvalue weighted by Gasteiger charge is -2.06. The van der Waals surface area contributed by atoms with Gasteiger partial charge in [0.05, 0.1) is 35.1 Å². The largest absolute Gasteiger partial charge is 0.503 e. The minimum absolute atomic E-state index is 0.137. The van der Waals surface area contributed by atoms with Crippen LogP contribution in [0.15, 0.2) is 46.7 Å². The number of aromatic hydroxyl groups is 1. The van der Waals surface area contributed by atoms with Crippen LogP contribution < -0.4 is 10.2 Å². The lowest BCUT2D eigenvalue weighted by molar-refractivity contribution is -0.118. The summed E-state index contributed by atoms with van der Waals surface area (Å²) in [5.41, 5.74) is 4.78. The number of phenols is 1. The van der Waals surface area contributed by atoms with Crippen LogP contribution in [-0.2, 0) is 4.79 Å². The molecule has 26 heavy (non-hydrogen) atoms. The molecule has 134 valence electrons. The molecule has 3 N–H and O–H groups in total. The van der Waals surface area contributed by atoms with E-state index in [0.29, 0.717) is 10.7 Å². The Kier molecular flexibility index (Phi) is 5.65. The number of methoxy groups -OCH3 is 1. The smallest absolute Gasteiger partial charge is 0.250 e. The van der Waals surface area contributed by atoms with Gasteiger partial charge in [0.25, 0.3) is 5.91 Å². The Bertz CT molecular complexity index is 941. The zero-order valence-corrected chi connectivity index (χ0v) is 15.3. The SMILES string of the molecule is COc1cc(/C=N\NC(=O)CSc2nc3ccccc3[nH]2)cc(Cl)c1O. The summed E-state index contributed by atoms with van der Waals surface area (Å²) >= 11 is 7.18. The summed E-state index contributed by atoms with van der Waals surface area (Å²) in [6.07, 6.45) is 1.41. The van der Waals surface area contributed by atoms with E-state index in [0.717, 1.165) is 11.0 Å². The number of phenolic OH excluding ortho intramolecular Hbond substituents is 1. The van der Waals surface area contributed by atoms with Crippen LogP contribution in [-0.4, -0.2) is 40.1 Å². The molecular weight excluding hydrogens is 376 g/mol. The second kappa shape index (κ2) is 8.11. The van der Waals surface area contributed by atoms with Crippen molar-refractivity contribution in [1.82, 2.24) is 15.4 Å². The summed E-state index contributed by atoms with van der Waals surface area (Å²) in [6, 6.07) is 10.7. The van der Waals surface area contributed by atoms with E-state index < -0.39 is 0 Å². The predicted molar refractivity (Wildman–Crippen MR) is 102 cm³/mol. The van der Waals surface area contributed by atoms with E-state index in [4.69, 9.17) is 16.3 Å². The van der Waals surface area contributed by atoms with Crippen LogP contribution in [0.4, 0.5) is 0 Å². The molecule has 0 spiro atoms. The number of imidazole rings is 1. The molecule has 3 aromatic rings. The Balaban J connectivity index is 1.55. The van der Waals surface area contributed by atoms with Crippen molar-refractivity contribution in [2.45, 2.75) is 5.16 Å². The van der Waals surface area contributed by atoms with Gasteiger partial charge in [-0.05, 0) is 29.8 Å². The first-order valence-corrected chi connectivity index (χ1v) is 8.89. The fourth-order valence-corrected chi connectivity index (χ4v) is 3.06. The van der Waals surface area contributed by atoms with E-state index in [2.05, 4.69) is 20.5 Å². The average molecular weight is 391 g/mol. The number of aromatic nitrogens is 2. The zero-order valence-electron chi connectivity index (χ0n) is 13.7. The average Bonchev–Trinajstić information content (AvgIpc) is 3.05. The van der Waals surface area contributed by atoms with Gasteiger partial charge in [0.2, 0.25) is 0 Å². The fourth-order valence-electron chi connectivity index (χ4n) is 2.17. The minimum atomic E-state index is -0.274. The number of para-hydroxylation sites is 2. The molecule has 1 heterocycles. The molecule has 2 aromatic carbocycles. The highest BCUT2D eigenvalue weighted by atomic mass is 35.5. The highest BCUT2D eigenvalue weighted by Crippen LogP contribution is 2.34. The number of hydrogen-bond acceptors (Lipinski definition) is 6. The van der Waals surface area contributed by atoms with Crippen LogP contribution in [0.2, 0.25) is 5.02 Å². The lowest BCUT2D eigenvalue weighted by atomic mass is 10.2. The second-order valence-corrected chi connectivity index (χ2v) is 6.57. The van der Waals surface area contributed by atoms with Crippen LogP contribution in [0.3, 0.4) is 0 Å². The predicted octanol–water partition coefficient (Wildman–Crippen LogP) is 3.17. The molecule has 0 aliphatic rings. The fraction of sp³-hybridized carbons (Fsp3) is 0.118. The molecule has 3 rings (SSSR count). The molecule has 0 unspecified atom stereocenters. The molecule has 0 atom stereocenters. The summed E-state index contributed by atoms with van der Waals surface area (Å²) < 4.78 is 5.01. The van der Waals surface area contributed by atoms with E-state index in [1.807, 2.05) is 24.3 Å². The van der Waals surface area contributed by atoms with Crippen molar-refractivity contribution in [3.8, 4) is 11.5 Å². The number of nitrogens with zero attached hydrogens (tertiary/aromatic N) is 2. The Hall–Kier alpha value is -2.71. The third kappa shape index (κ3) is 4.27. The van der Waals surface area contributed by atoms with Gasteiger partial charge in [0, 0.05) is 0 Å². The number of thioether (sulfide) groups is 1. The first kappa shape index (κ1) is 18.1. The second-order valence-electron chi connectivity index (χ2n) is 5.19. The number of carbonyl (C=O) groups excluding carboxylic acids is 1. The number of carbonyl (C=O) groups is 1. The van der Waals surface area contributed by atoms with Crippen molar-refractivity contribution >= 4 is 46.5 Å². The van der Waals surface area contributed by atoms with Crippen molar-refractivity contribution in [2.75, 3.05) is 12.9 Å². The molecule has 1 amide bonds. The van der Waals surface area contributed by atoms with Crippen LogP contribution in [0.1, 0.15) is 5.56 Å². The van der Waals surface area contributed by atoms with Crippen molar-refractivity contribution in [3.63, 3.8) is 0 Å². The van der Waals surface area contributed by atoms with Crippen molar-refractivity contribution in [3.05, 3.63) is 47.0 Å². The minimum Gasteiger partial charge on any atom is -0.503 e. The lowest BCUT2D eigenvalue weighted by Crippen LogP contribution is -2.19. The van der Waals surface area contributed by atoms with Gasteiger partial charge >= 0.3 is 0 Å². The first-order valence-electron chi connectivity index (χ1n) is 7.53. The maximum absolute atomic E-state index is 11.9. The van der Waals surface area contributed by atoms with Crippen LogP contribution in [0.25, 0.3) is 11.0 Å². The number of hydrogen-bond donors (Lipinski definition) is 3. The maximum Gasteiger partial charge on any atom is 0.250 e. The monoisotopic (exact) mass is 390 g/mol. The van der Waals surface area contributed by atoms with E-state index in [-0.39, 0.29) is 28.2 Å². The molecule has 9 heteroatoms. The van der Waals surface area contributed by atoms with Crippen molar-refractivity contribution in [1.29, 1.82) is 0 Å². The summed E-state index contributed by atoms with van der Waals surface area (Å²) in [5, 5.41) is 14.4. The Morgan fingerprint density at radius 1 is 1.46 bits per heavy atom. The van der Waals surface area contributed by atoms with E-state index >= 15 is 0 Å². The van der Waals surface area contributed by atoms with Gasteiger partial charge in [-0.2, -0.15) is 5.10 Å². The molecule has 0 bridgehead atoms.